The number of anilines is 1. The first-order valence-corrected chi connectivity index (χ1v) is 4.58. The summed E-state index contributed by atoms with van der Waals surface area (Å²) in [6.07, 6.45) is 1.36. The molecular formula is C10H9FN4O. The second-order valence-corrected chi connectivity index (χ2v) is 3.18. The number of hydrogen-bond donors (Lipinski definition) is 1. The van der Waals surface area contributed by atoms with E-state index >= 15 is 0 Å². The average molecular weight is 220 g/mol. The van der Waals surface area contributed by atoms with Crippen LogP contribution in [0.3, 0.4) is 0 Å². The highest BCUT2D eigenvalue weighted by molar-refractivity contribution is 6.02. The van der Waals surface area contributed by atoms with Gasteiger partial charge in [-0.05, 0) is 24.3 Å². The third kappa shape index (κ3) is 2.22. The molecule has 1 aromatic carbocycles. The zero-order valence-corrected chi connectivity index (χ0v) is 8.51. The molecule has 0 fully saturated rings. The molecule has 0 aliphatic carbocycles. The normalized spacial score (nSPS) is 10.1. The number of rotatable bonds is 2. The van der Waals surface area contributed by atoms with E-state index in [9.17, 15) is 9.18 Å². The molecule has 1 amide bonds. The lowest BCUT2D eigenvalue weighted by molar-refractivity contribution is 0.102. The summed E-state index contributed by atoms with van der Waals surface area (Å²) in [5.41, 5.74) is 0.726. The van der Waals surface area contributed by atoms with Crippen molar-refractivity contribution in [2.24, 2.45) is 7.05 Å². The van der Waals surface area contributed by atoms with Crippen molar-refractivity contribution in [3.05, 3.63) is 42.0 Å². The molecule has 1 heterocycles. The highest BCUT2D eigenvalue weighted by Crippen LogP contribution is 2.09. The van der Waals surface area contributed by atoms with E-state index in [2.05, 4.69) is 15.5 Å². The minimum absolute atomic E-state index is 0.215. The fourth-order valence-electron chi connectivity index (χ4n) is 1.18. The van der Waals surface area contributed by atoms with Crippen LogP contribution >= 0.6 is 0 Å². The molecular weight excluding hydrogens is 211 g/mol. The van der Waals surface area contributed by atoms with Gasteiger partial charge in [-0.3, -0.25) is 4.79 Å². The van der Waals surface area contributed by atoms with Crippen LogP contribution in [0.25, 0.3) is 0 Å². The van der Waals surface area contributed by atoms with E-state index in [1.165, 1.54) is 35.3 Å². The maximum atomic E-state index is 12.6. The van der Waals surface area contributed by atoms with Crippen molar-refractivity contribution >= 4 is 11.6 Å². The van der Waals surface area contributed by atoms with Crippen LogP contribution < -0.4 is 5.32 Å². The minimum Gasteiger partial charge on any atom is -0.321 e. The third-order valence-corrected chi connectivity index (χ3v) is 1.93. The van der Waals surface area contributed by atoms with E-state index in [0.29, 0.717) is 5.69 Å². The Balaban J connectivity index is 2.10. The Hall–Kier alpha value is -2.24. The fraction of sp³-hybridized carbons (Fsp3) is 0.100. The lowest BCUT2D eigenvalue weighted by Crippen LogP contribution is -2.12. The van der Waals surface area contributed by atoms with Crippen LogP contribution in [0.1, 0.15) is 10.5 Å². The first kappa shape index (κ1) is 10.3. The molecule has 0 saturated carbocycles. The van der Waals surface area contributed by atoms with Gasteiger partial charge in [-0.2, -0.15) is 9.90 Å². The smallest absolute Gasteiger partial charge is 0.277 e. The molecule has 0 bridgehead atoms. The van der Waals surface area contributed by atoms with Gasteiger partial charge >= 0.3 is 0 Å². The van der Waals surface area contributed by atoms with E-state index in [-0.39, 0.29) is 17.4 Å². The molecule has 6 heteroatoms. The van der Waals surface area contributed by atoms with Crippen molar-refractivity contribution in [1.82, 2.24) is 15.0 Å². The topological polar surface area (TPSA) is 59.8 Å². The number of amides is 1. The Labute approximate surface area is 90.9 Å². The number of aromatic nitrogens is 3. The number of carbonyl (C=O) groups excluding carboxylic acids is 1. The predicted molar refractivity (Wildman–Crippen MR) is 55.4 cm³/mol. The molecule has 2 rings (SSSR count). The summed E-state index contributed by atoms with van der Waals surface area (Å²) in [4.78, 5) is 12.9. The molecule has 82 valence electrons. The van der Waals surface area contributed by atoms with E-state index < -0.39 is 0 Å². The van der Waals surface area contributed by atoms with Crippen LogP contribution in [0.15, 0.2) is 30.5 Å². The highest BCUT2D eigenvalue weighted by Gasteiger charge is 2.09. The SMILES string of the molecule is Cn1ncc(C(=O)Nc2ccc(F)cc2)n1. The summed E-state index contributed by atoms with van der Waals surface area (Å²) in [6, 6.07) is 5.49. The Kier molecular flexibility index (Phi) is 2.63. The Morgan fingerprint density at radius 3 is 2.62 bits per heavy atom. The fourth-order valence-corrected chi connectivity index (χ4v) is 1.18. The van der Waals surface area contributed by atoms with Crippen molar-refractivity contribution in [3.8, 4) is 0 Å². The quantitative estimate of drug-likeness (QED) is 0.827. The molecule has 5 nitrogen and oxygen atoms in total. The largest absolute Gasteiger partial charge is 0.321 e. The van der Waals surface area contributed by atoms with E-state index in [0.717, 1.165) is 0 Å². The van der Waals surface area contributed by atoms with Crippen LogP contribution in [0, 0.1) is 5.82 Å². The van der Waals surface area contributed by atoms with Gasteiger partial charge in [0.2, 0.25) is 0 Å². The van der Waals surface area contributed by atoms with Crippen LogP contribution in [-0.4, -0.2) is 20.9 Å². The van der Waals surface area contributed by atoms with Gasteiger partial charge in [-0.15, -0.1) is 5.10 Å². The van der Waals surface area contributed by atoms with Gasteiger partial charge in [-0.1, -0.05) is 0 Å². The average Bonchev–Trinajstić information content (AvgIpc) is 2.68. The molecule has 0 aliphatic heterocycles. The zero-order valence-electron chi connectivity index (χ0n) is 8.51. The van der Waals surface area contributed by atoms with Crippen molar-refractivity contribution in [2.45, 2.75) is 0 Å². The third-order valence-electron chi connectivity index (χ3n) is 1.93. The molecule has 0 spiro atoms. The van der Waals surface area contributed by atoms with E-state index in [1.54, 1.807) is 7.05 Å². The van der Waals surface area contributed by atoms with Crippen molar-refractivity contribution in [2.75, 3.05) is 5.32 Å². The summed E-state index contributed by atoms with van der Waals surface area (Å²) in [5, 5.41) is 10.2. The summed E-state index contributed by atoms with van der Waals surface area (Å²) in [7, 11) is 1.62. The summed E-state index contributed by atoms with van der Waals surface area (Å²) in [5.74, 6) is -0.725. The lowest BCUT2D eigenvalue weighted by Gasteiger charge is -2.01. The molecule has 0 unspecified atom stereocenters. The maximum Gasteiger partial charge on any atom is 0.277 e. The number of nitrogens with zero attached hydrogens (tertiary/aromatic N) is 3. The molecule has 0 saturated heterocycles. The maximum absolute atomic E-state index is 12.6. The highest BCUT2D eigenvalue weighted by atomic mass is 19.1. The number of benzene rings is 1. The first-order valence-electron chi connectivity index (χ1n) is 4.58. The molecule has 2 aromatic rings. The van der Waals surface area contributed by atoms with Gasteiger partial charge in [0, 0.05) is 12.7 Å². The molecule has 1 N–H and O–H groups in total. The lowest BCUT2D eigenvalue weighted by atomic mass is 10.3. The van der Waals surface area contributed by atoms with Gasteiger partial charge in [0.1, 0.15) is 5.82 Å². The molecule has 16 heavy (non-hydrogen) atoms. The van der Waals surface area contributed by atoms with Gasteiger partial charge in [0.05, 0.1) is 6.20 Å². The Morgan fingerprint density at radius 2 is 2.06 bits per heavy atom. The van der Waals surface area contributed by atoms with Gasteiger partial charge < -0.3 is 5.32 Å². The van der Waals surface area contributed by atoms with E-state index in [1.807, 2.05) is 0 Å². The molecule has 0 atom stereocenters. The number of hydrogen-bond acceptors (Lipinski definition) is 3. The summed E-state index contributed by atoms with van der Waals surface area (Å²) in [6.45, 7) is 0. The second-order valence-electron chi connectivity index (χ2n) is 3.18. The Bertz CT molecular complexity index is 506. The number of carbonyl (C=O) groups is 1. The summed E-state index contributed by atoms with van der Waals surface area (Å²) >= 11 is 0. The van der Waals surface area contributed by atoms with Crippen LogP contribution in [0.5, 0.6) is 0 Å². The second kappa shape index (κ2) is 4.09. The number of halogens is 1. The monoisotopic (exact) mass is 220 g/mol. The van der Waals surface area contributed by atoms with Crippen LogP contribution in [-0.2, 0) is 7.05 Å². The number of nitrogens with one attached hydrogen (secondary N) is 1. The van der Waals surface area contributed by atoms with Gasteiger partial charge in [0.25, 0.3) is 5.91 Å². The van der Waals surface area contributed by atoms with Crippen molar-refractivity contribution in [1.29, 1.82) is 0 Å². The van der Waals surface area contributed by atoms with Gasteiger partial charge in [0.15, 0.2) is 5.69 Å². The molecule has 0 aliphatic rings. The number of aryl methyl sites for hydroxylation is 1. The predicted octanol–water partition coefficient (Wildman–Crippen LogP) is 1.21. The first-order chi connectivity index (χ1) is 7.65. The molecule has 1 aromatic heterocycles. The van der Waals surface area contributed by atoms with Crippen LogP contribution in [0.4, 0.5) is 10.1 Å². The van der Waals surface area contributed by atoms with E-state index in [4.69, 9.17) is 0 Å². The standard InChI is InChI=1S/C10H9FN4O/c1-15-12-6-9(14-15)10(16)13-8-4-2-7(11)3-5-8/h2-6H,1H3,(H,13,16). The Morgan fingerprint density at radius 1 is 1.38 bits per heavy atom. The van der Waals surface area contributed by atoms with Crippen LogP contribution in [0.2, 0.25) is 0 Å². The molecule has 0 radical (unpaired) electrons. The van der Waals surface area contributed by atoms with Gasteiger partial charge in [-0.25, -0.2) is 4.39 Å². The zero-order chi connectivity index (χ0) is 11.5. The van der Waals surface area contributed by atoms with Crippen molar-refractivity contribution < 1.29 is 9.18 Å². The summed E-state index contributed by atoms with van der Waals surface area (Å²) < 4.78 is 12.6. The van der Waals surface area contributed by atoms with Crippen molar-refractivity contribution in [3.63, 3.8) is 0 Å². The minimum atomic E-state index is -0.375.